The Morgan fingerprint density at radius 1 is 1.09 bits per heavy atom. The SMILES string of the molecule is COc1cc2ccc1CNC(=O)COc1cc(ccc1C)C(=O)N[C@H]1CN(C(=O)CCc3nc4ccccc4[nH]c3=O)CC[C@H]1O2. The maximum absolute atomic E-state index is 13.5. The first-order valence-electron chi connectivity index (χ1n) is 15.2. The number of hydrogen-bond donors (Lipinski definition) is 3. The van der Waals surface area contributed by atoms with Crippen LogP contribution in [0.5, 0.6) is 17.2 Å². The fourth-order valence-electron chi connectivity index (χ4n) is 5.71. The van der Waals surface area contributed by atoms with Crippen molar-refractivity contribution in [3.8, 4) is 17.2 Å². The molecule has 3 amide bonds. The zero-order valence-corrected chi connectivity index (χ0v) is 25.6. The number of rotatable bonds is 4. The highest BCUT2D eigenvalue weighted by atomic mass is 16.5. The number of nitrogens with zero attached hydrogens (tertiary/aromatic N) is 2. The summed E-state index contributed by atoms with van der Waals surface area (Å²) in [5, 5.41) is 5.90. The number of aromatic amines is 1. The molecular formula is C34H35N5O7. The molecule has 4 bridgehead atoms. The molecule has 12 nitrogen and oxygen atoms in total. The number of fused-ring (bicyclic) bond motifs is 8. The summed E-state index contributed by atoms with van der Waals surface area (Å²) in [4.78, 5) is 61.1. The number of carbonyl (C=O) groups is 3. The van der Waals surface area contributed by atoms with Gasteiger partial charge in [-0.05, 0) is 48.9 Å². The quantitative estimate of drug-likeness (QED) is 0.313. The van der Waals surface area contributed by atoms with Crippen molar-refractivity contribution in [1.29, 1.82) is 0 Å². The highest BCUT2D eigenvalue weighted by Crippen LogP contribution is 2.28. The van der Waals surface area contributed by atoms with Crippen molar-refractivity contribution in [2.45, 2.75) is 44.9 Å². The minimum absolute atomic E-state index is 0.0880. The molecule has 4 aromatic rings. The third-order valence-corrected chi connectivity index (χ3v) is 8.30. The van der Waals surface area contributed by atoms with Crippen molar-refractivity contribution >= 4 is 28.8 Å². The lowest BCUT2D eigenvalue weighted by Gasteiger charge is -2.39. The van der Waals surface area contributed by atoms with Crippen molar-refractivity contribution in [3.05, 3.63) is 93.4 Å². The van der Waals surface area contributed by atoms with Gasteiger partial charge in [0, 0.05) is 56.1 Å². The van der Waals surface area contributed by atoms with Crippen molar-refractivity contribution < 1.29 is 28.6 Å². The van der Waals surface area contributed by atoms with E-state index >= 15 is 0 Å². The second kappa shape index (κ2) is 13.3. The van der Waals surface area contributed by atoms with Crippen molar-refractivity contribution in [3.63, 3.8) is 0 Å². The van der Waals surface area contributed by atoms with Gasteiger partial charge in [-0.15, -0.1) is 0 Å². The number of likely N-dealkylation sites (tertiary alicyclic amines) is 1. The lowest BCUT2D eigenvalue weighted by atomic mass is 10.00. The van der Waals surface area contributed by atoms with E-state index in [2.05, 4.69) is 20.6 Å². The lowest BCUT2D eigenvalue weighted by molar-refractivity contribution is -0.133. The summed E-state index contributed by atoms with van der Waals surface area (Å²) in [6.45, 7) is 2.45. The van der Waals surface area contributed by atoms with Crippen LogP contribution in [0.4, 0.5) is 0 Å². The standard InChI is InChI=1S/C34H35N5O7/c1-20-7-8-21-15-29(20)45-19-31(40)35-17-22-9-10-23(16-30(22)44-2)46-28-13-14-39(18-27(28)38-33(21)42)32(41)12-11-26-34(43)37-25-6-4-3-5-24(25)36-26/h3-10,15-16,27-28H,11-14,17-19H2,1-2H3,(H,35,40)(H,37,43)(H,38,42)/t27-,28+/m0/s1. The number of ether oxygens (including phenoxy) is 3. The molecule has 4 heterocycles. The summed E-state index contributed by atoms with van der Waals surface area (Å²) < 4.78 is 17.7. The van der Waals surface area contributed by atoms with Crippen LogP contribution in [0.15, 0.2) is 65.5 Å². The van der Waals surface area contributed by atoms with Gasteiger partial charge in [-0.2, -0.15) is 0 Å². The summed E-state index contributed by atoms with van der Waals surface area (Å²) in [6.07, 6.45) is 0.269. The summed E-state index contributed by atoms with van der Waals surface area (Å²) in [7, 11) is 1.54. The third-order valence-electron chi connectivity index (χ3n) is 8.30. The Balaban J connectivity index is 1.23. The number of amides is 3. The third kappa shape index (κ3) is 6.80. The van der Waals surface area contributed by atoms with E-state index in [4.69, 9.17) is 14.2 Å². The molecule has 0 unspecified atom stereocenters. The van der Waals surface area contributed by atoms with Crippen LogP contribution in [0.25, 0.3) is 11.0 Å². The molecule has 3 aromatic carbocycles. The largest absolute Gasteiger partial charge is 0.496 e. The molecule has 12 heteroatoms. The maximum Gasteiger partial charge on any atom is 0.270 e. The van der Waals surface area contributed by atoms with Crippen LogP contribution in [0.3, 0.4) is 0 Å². The van der Waals surface area contributed by atoms with Gasteiger partial charge >= 0.3 is 0 Å². The molecule has 7 rings (SSSR count). The average Bonchev–Trinajstić information content (AvgIpc) is 3.06. The van der Waals surface area contributed by atoms with Gasteiger partial charge in [-0.1, -0.05) is 18.2 Å². The molecule has 0 radical (unpaired) electrons. The molecule has 238 valence electrons. The first-order chi connectivity index (χ1) is 22.3. The van der Waals surface area contributed by atoms with Crippen molar-refractivity contribution in [2.24, 2.45) is 0 Å². The summed E-state index contributed by atoms with van der Waals surface area (Å²) in [6, 6.07) is 17.1. The Hall–Kier alpha value is -5.39. The number of aromatic nitrogens is 2. The number of hydrogen-bond acceptors (Lipinski definition) is 8. The van der Waals surface area contributed by atoms with Gasteiger partial charge in [0.1, 0.15) is 29.0 Å². The molecule has 1 aromatic heterocycles. The predicted molar refractivity (Wildman–Crippen MR) is 169 cm³/mol. The molecule has 46 heavy (non-hydrogen) atoms. The minimum Gasteiger partial charge on any atom is -0.496 e. The molecule has 3 aliphatic heterocycles. The van der Waals surface area contributed by atoms with Crippen LogP contribution in [0, 0.1) is 6.92 Å². The summed E-state index contributed by atoms with van der Waals surface area (Å²) in [5.41, 5.74) is 3.16. The van der Waals surface area contributed by atoms with Crippen LogP contribution < -0.4 is 30.4 Å². The Labute approximate surface area is 265 Å². The molecule has 1 saturated heterocycles. The molecule has 3 aliphatic rings. The Kier molecular flexibility index (Phi) is 8.86. The fraction of sp³-hybridized carbons (Fsp3) is 0.324. The maximum atomic E-state index is 13.5. The van der Waals surface area contributed by atoms with Gasteiger partial charge in [-0.3, -0.25) is 19.2 Å². The smallest absolute Gasteiger partial charge is 0.270 e. The first kappa shape index (κ1) is 30.6. The number of aryl methyl sites for hydroxylation is 2. The van der Waals surface area contributed by atoms with Gasteiger partial charge in [0.15, 0.2) is 6.61 Å². The molecule has 3 N–H and O–H groups in total. The number of carbonyl (C=O) groups excluding carboxylic acids is 3. The normalized spacial score (nSPS) is 18.4. The Bertz CT molecular complexity index is 1860. The van der Waals surface area contributed by atoms with Gasteiger partial charge in [-0.25, -0.2) is 4.98 Å². The molecule has 0 spiro atoms. The second-order valence-electron chi connectivity index (χ2n) is 11.4. The molecule has 0 aliphatic carbocycles. The van der Waals surface area contributed by atoms with Crippen LogP contribution in [0.2, 0.25) is 0 Å². The van der Waals surface area contributed by atoms with E-state index in [1.165, 1.54) is 0 Å². The van der Waals surface area contributed by atoms with Crippen LogP contribution >= 0.6 is 0 Å². The zero-order chi connectivity index (χ0) is 32.2. The number of para-hydroxylation sites is 2. The highest BCUT2D eigenvalue weighted by molar-refractivity contribution is 5.95. The Morgan fingerprint density at radius 3 is 2.78 bits per heavy atom. The second-order valence-corrected chi connectivity index (χ2v) is 11.4. The molecular weight excluding hydrogens is 590 g/mol. The van der Waals surface area contributed by atoms with Crippen LogP contribution in [-0.2, 0) is 22.6 Å². The number of nitrogens with one attached hydrogen (secondary N) is 3. The number of piperidine rings is 1. The lowest BCUT2D eigenvalue weighted by Crippen LogP contribution is -2.58. The molecule has 0 saturated carbocycles. The van der Waals surface area contributed by atoms with E-state index in [0.29, 0.717) is 52.5 Å². The number of benzene rings is 3. The van der Waals surface area contributed by atoms with E-state index in [1.54, 1.807) is 48.4 Å². The van der Waals surface area contributed by atoms with Crippen LogP contribution in [0.1, 0.15) is 40.0 Å². The molecule has 1 fully saturated rings. The predicted octanol–water partition coefficient (Wildman–Crippen LogP) is 2.66. The first-order valence-corrected chi connectivity index (χ1v) is 15.2. The van der Waals surface area contributed by atoms with E-state index in [0.717, 1.165) is 11.1 Å². The monoisotopic (exact) mass is 625 g/mol. The zero-order valence-electron chi connectivity index (χ0n) is 25.6. The topological polar surface area (TPSA) is 152 Å². The van der Waals surface area contributed by atoms with Gasteiger partial charge in [0.2, 0.25) is 5.91 Å². The van der Waals surface area contributed by atoms with E-state index in [1.807, 2.05) is 31.2 Å². The molecule has 2 atom stereocenters. The average molecular weight is 626 g/mol. The van der Waals surface area contributed by atoms with E-state index in [9.17, 15) is 19.2 Å². The van der Waals surface area contributed by atoms with Crippen molar-refractivity contribution in [2.75, 3.05) is 26.8 Å². The van der Waals surface area contributed by atoms with Crippen molar-refractivity contribution in [1.82, 2.24) is 25.5 Å². The van der Waals surface area contributed by atoms with E-state index < -0.39 is 12.1 Å². The number of methoxy groups -OCH3 is 1. The van der Waals surface area contributed by atoms with Gasteiger partial charge in [0.25, 0.3) is 17.4 Å². The number of H-pyrrole nitrogens is 1. The highest BCUT2D eigenvalue weighted by Gasteiger charge is 2.34. The van der Waals surface area contributed by atoms with E-state index in [-0.39, 0.29) is 55.8 Å². The summed E-state index contributed by atoms with van der Waals surface area (Å²) in [5.74, 6) is 0.641. The fourth-order valence-corrected chi connectivity index (χ4v) is 5.71. The van der Waals surface area contributed by atoms with Gasteiger partial charge < -0.3 is 34.7 Å². The van der Waals surface area contributed by atoms with Crippen LogP contribution in [-0.4, -0.2) is 71.5 Å². The minimum atomic E-state index is -0.553. The van der Waals surface area contributed by atoms with Gasteiger partial charge in [0.05, 0.1) is 24.2 Å². The Morgan fingerprint density at radius 2 is 1.93 bits per heavy atom. The summed E-state index contributed by atoms with van der Waals surface area (Å²) >= 11 is 0.